The van der Waals surface area contributed by atoms with Gasteiger partial charge in [-0.3, -0.25) is 4.79 Å². The van der Waals surface area contributed by atoms with E-state index in [-0.39, 0.29) is 32.9 Å². The number of hydrogen-bond acceptors (Lipinski definition) is 5. The van der Waals surface area contributed by atoms with E-state index < -0.39 is 27.2 Å². The largest absolute Gasteiger partial charge is 0.454 e. The topological polar surface area (TPSA) is 92.7 Å². The van der Waals surface area contributed by atoms with Crippen molar-refractivity contribution in [2.75, 3.05) is 11.6 Å². The highest BCUT2D eigenvalue weighted by atomic mass is 35.5. The number of nitrogens with one attached hydrogen (secondary N) is 1. The summed E-state index contributed by atoms with van der Waals surface area (Å²) in [5.41, 5.74) is -0.170. The second kappa shape index (κ2) is 9.92. The Morgan fingerprint density at radius 1 is 1.09 bits per heavy atom. The predicted octanol–water partition coefficient (Wildman–Crippen LogP) is 5.74. The van der Waals surface area contributed by atoms with E-state index >= 15 is 0 Å². The average Bonchev–Trinajstić information content (AvgIpc) is 2.69. The van der Waals surface area contributed by atoms with Gasteiger partial charge in [0.15, 0.2) is 15.6 Å². The van der Waals surface area contributed by atoms with Crippen LogP contribution in [0, 0.1) is 5.82 Å². The summed E-state index contributed by atoms with van der Waals surface area (Å²) in [6.45, 7) is 3.03. The average molecular weight is 526 g/mol. The van der Waals surface area contributed by atoms with Gasteiger partial charge in [-0.15, -0.1) is 0 Å². The minimum Gasteiger partial charge on any atom is -0.454 e. The highest BCUT2D eigenvalue weighted by Crippen LogP contribution is 2.39. The van der Waals surface area contributed by atoms with E-state index in [0.717, 1.165) is 12.3 Å². The van der Waals surface area contributed by atoms with Gasteiger partial charge in [0, 0.05) is 18.0 Å². The Bertz CT molecular complexity index is 1330. The van der Waals surface area contributed by atoms with Gasteiger partial charge in [-0.25, -0.2) is 12.8 Å². The molecule has 34 heavy (non-hydrogen) atoms. The number of sulfone groups is 1. The van der Waals surface area contributed by atoms with E-state index in [1.54, 1.807) is 12.1 Å². The molecular formula is C24H22Cl2FNO5S. The highest BCUT2D eigenvalue weighted by Gasteiger charge is 2.20. The summed E-state index contributed by atoms with van der Waals surface area (Å²) >= 11 is 12.6. The van der Waals surface area contributed by atoms with Crippen LogP contribution < -0.4 is 10.1 Å². The fourth-order valence-electron chi connectivity index (χ4n) is 3.10. The first-order valence-corrected chi connectivity index (χ1v) is 12.7. The van der Waals surface area contributed by atoms with Crippen molar-refractivity contribution in [2.45, 2.75) is 30.8 Å². The number of hydrogen-bond donors (Lipinski definition) is 2. The molecule has 0 fully saturated rings. The summed E-state index contributed by atoms with van der Waals surface area (Å²) in [6.07, 6.45) is 1.02. The van der Waals surface area contributed by atoms with Crippen LogP contribution in [0.25, 0.3) is 0 Å². The Kier molecular flexibility index (Phi) is 7.57. The number of ether oxygens (including phenoxy) is 1. The van der Waals surface area contributed by atoms with Gasteiger partial charge in [0.25, 0.3) is 0 Å². The van der Waals surface area contributed by atoms with Gasteiger partial charge in [-0.1, -0.05) is 35.3 Å². The molecule has 180 valence electrons. The first-order chi connectivity index (χ1) is 15.7. The number of carbonyl (C=O) groups is 1. The predicted molar refractivity (Wildman–Crippen MR) is 130 cm³/mol. The van der Waals surface area contributed by atoms with Crippen LogP contribution in [-0.4, -0.2) is 25.7 Å². The van der Waals surface area contributed by atoms with Crippen molar-refractivity contribution in [3.63, 3.8) is 0 Å². The zero-order valence-electron chi connectivity index (χ0n) is 18.5. The van der Waals surface area contributed by atoms with Crippen molar-refractivity contribution in [3.05, 3.63) is 81.6 Å². The van der Waals surface area contributed by atoms with Crippen LogP contribution >= 0.6 is 23.2 Å². The molecule has 1 amide bonds. The van der Waals surface area contributed by atoms with E-state index in [2.05, 4.69) is 5.32 Å². The first kappa shape index (κ1) is 26.0. The molecule has 3 aromatic carbocycles. The Hall–Kier alpha value is -2.65. The lowest BCUT2D eigenvalue weighted by Gasteiger charge is -2.19. The van der Waals surface area contributed by atoms with Gasteiger partial charge in [-0.05, 0) is 61.4 Å². The lowest BCUT2D eigenvalue weighted by molar-refractivity contribution is -0.115. The molecule has 0 unspecified atom stereocenters. The summed E-state index contributed by atoms with van der Waals surface area (Å²) in [5.74, 6) is -0.880. The Labute approximate surface area is 207 Å². The Balaban J connectivity index is 1.77. The minimum absolute atomic E-state index is 0.0504. The number of benzene rings is 3. The normalized spacial score (nSPS) is 11.9. The molecule has 10 heteroatoms. The molecule has 0 atom stereocenters. The molecule has 0 spiro atoms. The molecule has 0 bridgehead atoms. The molecule has 0 saturated carbocycles. The summed E-state index contributed by atoms with van der Waals surface area (Å²) < 4.78 is 43.1. The van der Waals surface area contributed by atoms with Gasteiger partial charge in [0.2, 0.25) is 5.91 Å². The third-order valence-electron chi connectivity index (χ3n) is 4.77. The van der Waals surface area contributed by atoms with Crippen LogP contribution in [0.5, 0.6) is 11.5 Å². The summed E-state index contributed by atoms with van der Waals surface area (Å²) in [7, 11) is -3.39. The van der Waals surface area contributed by atoms with Crippen LogP contribution in [0.1, 0.15) is 25.0 Å². The summed E-state index contributed by atoms with van der Waals surface area (Å²) in [4.78, 5) is 12.6. The van der Waals surface area contributed by atoms with E-state index in [1.165, 1.54) is 50.2 Å². The maximum absolute atomic E-state index is 14.0. The molecule has 0 aliphatic rings. The van der Waals surface area contributed by atoms with Crippen molar-refractivity contribution in [2.24, 2.45) is 0 Å². The Morgan fingerprint density at radius 3 is 2.32 bits per heavy atom. The quantitative estimate of drug-likeness (QED) is 0.410. The molecule has 3 aromatic rings. The van der Waals surface area contributed by atoms with E-state index in [4.69, 9.17) is 27.9 Å². The van der Waals surface area contributed by atoms with E-state index in [0.29, 0.717) is 16.8 Å². The molecule has 2 N–H and O–H groups in total. The maximum atomic E-state index is 14.0. The number of aliphatic hydroxyl groups is 1. The third-order valence-corrected chi connectivity index (χ3v) is 6.44. The van der Waals surface area contributed by atoms with E-state index in [9.17, 15) is 22.7 Å². The van der Waals surface area contributed by atoms with Crippen molar-refractivity contribution < 1.29 is 27.4 Å². The number of anilines is 1. The number of rotatable bonds is 7. The zero-order chi connectivity index (χ0) is 25.3. The lowest BCUT2D eigenvalue weighted by atomic mass is 9.98. The summed E-state index contributed by atoms with van der Waals surface area (Å²) in [5, 5.41) is 12.9. The van der Waals surface area contributed by atoms with Crippen LogP contribution in [-0.2, 0) is 26.7 Å². The Morgan fingerprint density at radius 2 is 1.74 bits per heavy atom. The highest BCUT2D eigenvalue weighted by molar-refractivity contribution is 7.90. The van der Waals surface area contributed by atoms with Crippen LogP contribution in [0.4, 0.5) is 10.1 Å². The number of carbonyl (C=O) groups excluding carboxylic acids is 1. The third kappa shape index (κ3) is 6.70. The molecule has 0 aliphatic heterocycles. The lowest BCUT2D eigenvalue weighted by Crippen LogP contribution is -2.15. The molecule has 0 aliphatic carbocycles. The van der Waals surface area contributed by atoms with Gasteiger partial charge < -0.3 is 15.2 Å². The molecule has 0 aromatic heterocycles. The SMILES string of the molecule is CC(C)(O)c1cc(F)cc(Oc2c(Cl)cc(NC(=O)Cc3cccc(S(C)(=O)=O)c3)cc2Cl)c1. The second-order valence-corrected chi connectivity index (χ2v) is 11.1. The molecule has 6 nitrogen and oxygen atoms in total. The van der Waals surface area contributed by atoms with Crippen molar-refractivity contribution in [1.82, 2.24) is 0 Å². The van der Waals surface area contributed by atoms with Gasteiger partial charge >= 0.3 is 0 Å². The molecule has 0 saturated heterocycles. The van der Waals surface area contributed by atoms with Crippen LogP contribution in [0.2, 0.25) is 10.0 Å². The summed E-state index contributed by atoms with van der Waals surface area (Å²) in [6, 6.07) is 12.7. The molecule has 3 rings (SSSR count). The monoisotopic (exact) mass is 525 g/mol. The zero-order valence-corrected chi connectivity index (χ0v) is 20.9. The maximum Gasteiger partial charge on any atom is 0.228 e. The molecule has 0 heterocycles. The molecule has 0 radical (unpaired) electrons. The van der Waals surface area contributed by atoms with Gasteiger partial charge in [-0.2, -0.15) is 0 Å². The van der Waals surface area contributed by atoms with Crippen LogP contribution in [0.15, 0.2) is 59.5 Å². The fourth-order valence-corrected chi connectivity index (χ4v) is 4.35. The van der Waals surface area contributed by atoms with Gasteiger partial charge in [0.05, 0.1) is 27.0 Å². The van der Waals surface area contributed by atoms with Crippen molar-refractivity contribution in [1.29, 1.82) is 0 Å². The van der Waals surface area contributed by atoms with Crippen molar-refractivity contribution in [3.8, 4) is 11.5 Å². The smallest absolute Gasteiger partial charge is 0.228 e. The van der Waals surface area contributed by atoms with Crippen LogP contribution in [0.3, 0.4) is 0 Å². The van der Waals surface area contributed by atoms with Gasteiger partial charge in [0.1, 0.15) is 11.6 Å². The standard InChI is InChI=1S/C24H22Cl2FNO5S/c1-24(2,30)15-9-16(27)11-18(10-15)33-23-20(25)12-17(13-21(23)26)28-22(29)8-14-5-4-6-19(7-14)34(3,31)32/h4-7,9-13,30H,8H2,1-3H3,(H,28,29). The second-order valence-electron chi connectivity index (χ2n) is 8.25. The number of halogens is 3. The number of amides is 1. The van der Waals surface area contributed by atoms with Crippen molar-refractivity contribution >= 4 is 44.6 Å². The fraction of sp³-hybridized carbons (Fsp3) is 0.208. The first-order valence-electron chi connectivity index (χ1n) is 10.0. The van der Waals surface area contributed by atoms with E-state index in [1.807, 2.05) is 0 Å². The minimum atomic E-state index is -3.39. The molecular weight excluding hydrogens is 504 g/mol.